The predicted molar refractivity (Wildman–Crippen MR) is 74.5 cm³/mol. The smallest absolute Gasteiger partial charge is 0.341 e. The highest BCUT2D eigenvalue weighted by molar-refractivity contribution is 5.96. The molecule has 0 spiro atoms. The van der Waals surface area contributed by atoms with Crippen molar-refractivity contribution in [3.63, 3.8) is 0 Å². The average Bonchev–Trinajstić information content (AvgIpc) is 2.36. The van der Waals surface area contributed by atoms with Crippen LogP contribution in [0.2, 0.25) is 0 Å². The molecule has 0 aliphatic heterocycles. The van der Waals surface area contributed by atoms with Crippen LogP contribution in [0.5, 0.6) is 11.5 Å². The number of carbonyl (C=O) groups excluding carboxylic acids is 1. The SMILES string of the molecule is CCOc1cc(C(=O)CC(C)C)ccc1OCC(=O)O. The lowest BCUT2D eigenvalue weighted by Crippen LogP contribution is -2.11. The number of Topliss-reactive ketones (excluding diaryl/α,β-unsaturated/α-hetero) is 1. The molecule has 1 aromatic rings. The van der Waals surface area contributed by atoms with E-state index in [1.807, 2.05) is 20.8 Å². The highest BCUT2D eigenvalue weighted by atomic mass is 16.5. The second kappa shape index (κ2) is 7.53. The van der Waals surface area contributed by atoms with Crippen molar-refractivity contribution >= 4 is 11.8 Å². The molecule has 0 aliphatic rings. The fraction of sp³-hybridized carbons (Fsp3) is 0.467. The van der Waals surface area contributed by atoms with E-state index in [0.29, 0.717) is 30.1 Å². The van der Waals surface area contributed by atoms with Crippen LogP contribution in [0.3, 0.4) is 0 Å². The number of benzene rings is 1. The van der Waals surface area contributed by atoms with Gasteiger partial charge in [0.05, 0.1) is 6.61 Å². The van der Waals surface area contributed by atoms with Crippen LogP contribution in [0.1, 0.15) is 37.6 Å². The van der Waals surface area contributed by atoms with Crippen molar-refractivity contribution in [1.82, 2.24) is 0 Å². The van der Waals surface area contributed by atoms with Crippen LogP contribution in [0.25, 0.3) is 0 Å². The number of carbonyl (C=O) groups is 2. The summed E-state index contributed by atoms with van der Waals surface area (Å²) >= 11 is 0. The van der Waals surface area contributed by atoms with Crippen LogP contribution in [0, 0.1) is 5.92 Å². The van der Waals surface area contributed by atoms with E-state index in [0.717, 1.165) is 0 Å². The first-order valence-electron chi connectivity index (χ1n) is 6.58. The summed E-state index contributed by atoms with van der Waals surface area (Å²) in [5.41, 5.74) is 0.546. The van der Waals surface area contributed by atoms with Gasteiger partial charge in [0.1, 0.15) is 0 Å². The highest BCUT2D eigenvalue weighted by Crippen LogP contribution is 2.29. The van der Waals surface area contributed by atoms with E-state index in [1.165, 1.54) is 0 Å². The number of hydrogen-bond acceptors (Lipinski definition) is 4. The van der Waals surface area contributed by atoms with Crippen molar-refractivity contribution in [2.75, 3.05) is 13.2 Å². The first kappa shape index (κ1) is 16.0. The van der Waals surface area contributed by atoms with Crippen molar-refractivity contribution in [2.24, 2.45) is 5.92 Å². The van der Waals surface area contributed by atoms with Crippen LogP contribution in [-0.2, 0) is 4.79 Å². The van der Waals surface area contributed by atoms with Crippen LogP contribution in [0.15, 0.2) is 18.2 Å². The van der Waals surface area contributed by atoms with Crippen LogP contribution >= 0.6 is 0 Å². The molecule has 20 heavy (non-hydrogen) atoms. The van der Waals surface area contributed by atoms with Gasteiger partial charge < -0.3 is 14.6 Å². The Morgan fingerprint density at radius 2 is 1.90 bits per heavy atom. The molecule has 5 heteroatoms. The molecule has 110 valence electrons. The summed E-state index contributed by atoms with van der Waals surface area (Å²) in [7, 11) is 0. The zero-order valence-corrected chi connectivity index (χ0v) is 12.0. The van der Waals surface area contributed by atoms with E-state index in [2.05, 4.69) is 0 Å². The van der Waals surface area contributed by atoms with Crippen molar-refractivity contribution in [2.45, 2.75) is 27.2 Å². The summed E-state index contributed by atoms with van der Waals surface area (Å²) in [5.74, 6) is -0.0298. The molecule has 0 atom stereocenters. The molecule has 1 aromatic carbocycles. The van der Waals surface area contributed by atoms with Gasteiger partial charge in [-0.15, -0.1) is 0 Å². The van der Waals surface area contributed by atoms with Crippen molar-refractivity contribution < 1.29 is 24.2 Å². The van der Waals surface area contributed by atoms with Crippen LogP contribution < -0.4 is 9.47 Å². The summed E-state index contributed by atoms with van der Waals surface area (Å²) in [6, 6.07) is 4.80. The van der Waals surface area contributed by atoms with Crippen molar-refractivity contribution in [1.29, 1.82) is 0 Å². The minimum Gasteiger partial charge on any atom is -0.490 e. The lowest BCUT2D eigenvalue weighted by atomic mass is 10.0. The summed E-state index contributed by atoms with van der Waals surface area (Å²) in [6.07, 6.45) is 0.459. The van der Waals surface area contributed by atoms with Crippen LogP contribution in [0.4, 0.5) is 0 Å². The van der Waals surface area contributed by atoms with Gasteiger partial charge in [0.2, 0.25) is 0 Å². The number of carboxylic acids is 1. The number of hydrogen-bond donors (Lipinski definition) is 1. The highest BCUT2D eigenvalue weighted by Gasteiger charge is 2.13. The molecule has 0 aromatic heterocycles. The zero-order valence-electron chi connectivity index (χ0n) is 12.0. The summed E-state index contributed by atoms with van der Waals surface area (Å²) in [6.45, 7) is 5.73. The van der Waals surface area contributed by atoms with Crippen molar-refractivity contribution in [3.05, 3.63) is 23.8 Å². The minimum absolute atomic E-state index is 0.0331. The molecule has 0 fully saturated rings. The molecule has 0 amide bonds. The van der Waals surface area contributed by atoms with Gasteiger partial charge >= 0.3 is 5.97 Å². The minimum atomic E-state index is -1.06. The third-order valence-corrected chi connectivity index (χ3v) is 2.51. The monoisotopic (exact) mass is 280 g/mol. The predicted octanol–water partition coefficient (Wildman–Crippen LogP) is 2.78. The molecule has 0 saturated heterocycles. The van der Waals surface area contributed by atoms with Crippen LogP contribution in [-0.4, -0.2) is 30.1 Å². The van der Waals surface area contributed by atoms with E-state index in [-0.39, 0.29) is 11.7 Å². The lowest BCUT2D eigenvalue weighted by molar-refractivity contribution is -0.139. The Bertz CT molecular complexity index is 479. The van der Waals surface area contributed by atoms with E-state index in [9.17, 15) is 9.59 Å². The fourth-order valence-electron chi connectivity index (χ4n) is 1.70. The third-order valence-electron chi connectivity index (χ3n) is 2.51. The lowest BCUT2D eigenvalue weighted by Gasteiger charge is -2.12. The summed E-state index contributed by atoms with van der Waals surface area (Å²) in [4.78, 5) is 22.5. The number of aliphatic carboxylic acids is 1. The normalized spacial score (nSPS) is 10.4. The zero-order chi connectivity index (χ0) is 15.1. The average molecular weight is 280 g/mol. The van der Waals surface area contributed by atoms with E-state index in [4.69, 9.17) is 14.6 Å². The van der Waals surface area contributed by atoms with E-state index < -0.39 is 12.6 Å². The molecule has 5 nitrogen and oxygen atoms in total. The van der Waals surface area contributed by atoms with Gasteiger partial charge in [0.15, 0.2) is 23.9 Å². The molecule has 0 heterocycles. The maximum atomic E-state index is 12.0. The number of ketones is 1. The number of ether oxygens (including phenoxy) is 2. The molecule has 0 bridgehead atoms. The number of carboxylic acid groups (broad SMARTS) is 1. The molecule has 0 saturated carbocycles. The fourth-order valence-corrected chi connectivity index (χ4v) is 1.70. The van der Waals surface area contributed by atoms with Gasteiger partial charge in [-0.1, -0.05) is 13.8 Å². The summed E-state index contributed by atoms with van der Waals surface area (Å²) < 4.78 is 10.5. The molecule has 1 rings (SSSR count). The Labute approximate surface area is 118 Å². The van der Waals surface area contributed by atoms with Gasteiger partial charge in [0, 0.05) is 12.0 Å². The Kier molecular flexibility index (Phi) is 6.03. The Morgan fingerprint density at radius 3 is 2.45 bits per heavy atom. The van der Waals surface area contributed by atoms with Gasteiger partial charge in [-0.2, -0.15) is 0 Å². The first-order valence-corrected chi connectivity index (χ1v) is 6.58. The van der Waals surface area contributed by atoms with Gasteiger partial charge in [-0.25, -0.2) is 4.79 Å². The van der Waals surface area contributed by atoms with Gasteiger partial charge in [-0.05, 0) is 31.0 Å². The molecular formula is C15H20O5. The molecule has 0 radical (unpaired) electrons. The van der Waals surface area contributed by atoms with Gasteiger partial charge in [-0.3, -0.25) is 4.79 Å². The Balaban J connectivity index is 2.93. The third kappa shape index (κ3) is 4.91. The largest absolute Gasteiger partial charge is 0.490 e. The standard InChI is InChI=1S/C15H20O5/c1-4-19-14-8-11(12(16)7-10(2)3)5-6-13(14)20-9-15(17)18/h5-6,8,10H,4,7,9H2,1-3H3,(H,17,18). The van der Waals surface area contributed by atoms with Crippen molar-refractivity contribution in [3.8, 4) is 11.5 Å². The Morgan fingerprint density at radius 1 is 1.20 bits per heavy atom. The first-order chi connectivity index (χ1) is 9.43. The molecular weight excluding hydrogens is 260 g/mol. The Hall–Kier alpha value is -2.04. The topological polar surface area (TPSA) is 72.8 Å². The maximum absolute atomic E-state index is 12.0. The number of rotatable bonds is 8. The second-order valence-corrected chi connectivity index (χ2v) is 4.80. The molecule has 0 unspecified atom stereocenters. The quantitative estimate of drug-likeness (QED) is 0.741. The van der Waals surface area contributed by atoms with E-state index >= 15 is 0 Å². The maximum Gasteiger partial charge on any atom is 0.341 e. The second-order valence-electron chi connectivity index (χ2n) is 4.80. The molecule has 1 N–H and O–H groups in total. The summed E-state index contributed by atoms with van der Waals surface area (Å²) in [5, 5.41) is 8.62. The van der Waals surface area contributed by atoms with E-state index in [1.54, 1.807) is 18.2 Å². The molecule has 0 aliphatic carbocycles. The van der Waals surface area contributed by atoms with Gasteiger partial charge in [0.25, 0.3) is 0 Å².